The van der Waals surface area contributed by atoms with Gasteiger partial charge >= 0.3 is 0 Å². The molecule has 0 aromatic heterocycles. The highest BCUT2D eigenvalue weighted by atomic mass is 79.9. The highest BCUT2D eigenvalue weighted by Crippen LogP contribution is 2.27. The number of carbonyl (C=O) groups is 1. The predicted molar refractivity (Wildman–Crippen MR) is 87.0 cm³/mol. The van der Waals surface area contributed by atoms with Crippen molar-refractivity contribution in [2.75, 3.05) is 13.2 Å². The minimum atomic E-state index is 0.115. The van der Waals surface area contributed by atoms with Gasteiger partial charge in [0.15, 0.2) is 0 Å². The molecule has 0 aliphatic heterocycles. The maximum atomic E-state index is 11.7. The van der Waals surface area contributed by atoms with Gasteiger partial charge in [0, 0.05) is 10.9 Å². The van der Waals surface area contributed by atoms with Gasteiger partial charge in [-0.2, -0.15) is 0 Å². The van der Waals surface area contributed by atoms with Crippen molar-refractivity contribution in [3.05, 3.63) is 28.7 Å². The summed E-state index contributed by atoms with van der Waals surface area (Å²) in [7, 11) is 0. The second-order valence-electron chi connectivity index (χ2n) is 5.23. The lowest BCUT2D eigenvalue weighted by Crippen LogP contribution is -2.25. The summed E-state index contributed by atoms with van der Waals surface area (Å²) >= 11 is 3.38. The number of hydrogen-bond donors (Lipinski definition) is 1. The van der Waals surface area contributed by atoms with Crippen molar-refractivity contribution in [3.63, 3.8) is 0 Å². The maximum Gasteiger partial charge on any atom is 0.221 e. The highest BCUT2D eigenvalue weighted by molar-refractivity contribution is 9.10. The van der Waals surface area contributed by atoms with Gasteiger partial charge in [-0.3, -0.25) is 4.79 Å². The van der Waals surface area contributed by atoms with Crippen molar-refractivity contribution in [1.29, 1.82) is 0 Å². The summed E-state index contributed by atoms with van der Waals surface area (Å²) in [5, 5.41) is 2.84. The molecule has 0 unspecified atom stereocenters. The summed E-state index contributed by atoms with van der Waals surface area (Å²) in [4.78, 5) is 11.7. The van der Waals surface area contributed by atoms with E-state index < -0.39 is 0 Å². The monoisotopic (exact) mass is 349 g/mol. The molecule has 3 nitrogen and oxygen atoms in total. The van der Waals surface area contributed by atoms with Gasteiger partial charge in [0.05, 0.1) is 6.54 Å². The summed E-state index contributed by atoms with van der Waals surface area (Å²) in [5.41, 5.74) is 0. The average molecular weight is 350 g/mol. The van der Waals surface area contributed by atoms with E-state index in [0.29, 0.717) is 25.5 Å². The zero-order valence-electron chi connectivity index (χ0n) is 12.0. The summed E-state index contributed by atoms with van der Waals surface area (Å²) in [6, 6.07) is 7.63. The molecule has 0 heterocycles. The van der Waals surface area contributed by atoms with E-state index in [1.807, 2.05) is 24.3 Å². The number of carbonyl (C=O) groups excluding carboxylic acids is 1. The average Bonchev–Trinajstić information content (AvgIpc) is 2.95. The molecule has 0 spiro atoms. The van der Waals surface area contributed by atoms with Crippen molar-refractivity contribution in [3.8, 4) is 17.6 Å². The van der Waals surface area contributed by atoms with E-state index in [2.05, 4.69) is 33.1 Å². The second-order valence-corrected chi connectivity index (χ2v) is 6.15. The smallest absolute Gasteiger partial charge is 0.221 e. The first-order valence-electron chi connectivity index (χ1n) is 7.35. The standard InChI is InChI=1S/C17H20BrNO2/c18-15-8-5-9-16(13-15)21-11-4-3-10-19-17(20)12-14-6-1-2-7-14/h5,8-9,13-14H,1-2,6-7,10-12H2,(H,19,20). The van der Waals surface area contributed by atoms with Crippen molar-refractivity contribution >= 4 is 21.8 Å². The fourth-order valence-electron chi connectivity index (χ4n) is 2.48. The van der Waals surface area contributed by atoms with Gasteiger partial charge < -0.3 is 10.1 Å². The quantitative estimate of drug-likeness (QED) is 0.825. The van der Waals surface area contributed by atoms with Crippen LogP contribution in [0.25, 0.3) is 0 Å². The van der Waals surface area contributed by atoms with Gasteiger partial charge in [-0.05, 0) is 37.0 Å². The lowest BCUT2D eigenvalue weighted by atomic mass is 10.0. The Balaban J connectivity index is 1.59. The van der Waals surface area contributed by atoms with E-state index in [-0.39, 0.29) is 5.91 Å². The Labute approximate surface area is 134 Å². The van der Waals surface area contributed by atoms with Crippen LogP contribution in [0.5, 0.6) is 5.75 Å². The van der Waals surface area contributed by atoms with Crippen LogP contribution < -0.4 is 10.1 Å². The maximum absolute atomic E-state index is 11.7. The van der Waals surface area contributed by atoms with Gasteiger partial charge in [0.2, 0.25) is 5.91 Å². The molecule has 1 amide bonds. The molecule has 21 heavy (non-hydrogen) atoms. The Kier molecular flexibility index (Phi) is 6.62. The molecule has 0 radical (unpaired) electrons. The van der Waals surface area contributed by atoms with Crippen LogP contribution in [0, 0.1) is 17.8 Å². The van der Waals surface area contributed by atoms with Crippen LogP contribution in [0.1, 0.15) is 32.1 Å². The normalized spacial score (nSPS) is 14.3. The lowest BCUT2D eigenvalue weighted by Gasteiger charge is -2.07. The van der Waals surface area contributed by atoms with Gasteiger partial charge in [0.1, 0.15) is 12.4 Å². The Morgan fingerprint density at radius 3 is 2.90 bits per heavy atom. The molecule has 0 atom stereocenters. The Morgan fingerprint density at radius 2 is 2.14 bits per heavy atom. The van der Waals surface area contributed by atoms with E-state index in [4.69, 9.17) is 4.74 Å². The topological polar surface area (TPSA) is 38.3 Å². The van der Waals surface area contributed by atoms with Gasteiger partial charge in [-0.1, -0.05) is 46.7 Å². The van der Waals surface area contributed by atoms with Crippen LogP contribution in [0.2, 0.25) is 0 Å². The molecule has 1 saturated carbocycles. The Bertz CT molecular complexity index is 527. The van der Waals surface area contributed by atoms with E-state index in [1.54, 1.807) is 0 Å². The first-order chi connectivity index (χ1) is 10.2. The van der Waals surface area contributed by atoms with E-state index in [9.17, 15) is 4.79 Å². The second kappa shape index (κ2) is 8.74. The minimum absolute atomic E-state index is 0.115. The number of ether oxygens (including phenoxy) is 1. The molecule has 2 rings (SSSR count). The van der Waals surface area contributed by atoms with Crippen molar-refractivity contribution in [2.45, 2.75) is 32.1 Å². The Hall–Kier alpha value is -1.47. The molecule has 0 bridgehead atoms. The van der Waals surface area contributed by atoms with Crippen LogP contribution in [-0.2, 0) is 4.79 Å². The van der Waals surface area contributed by atoms with Crippen LogP contribution in [-0.4, -0.2) is 19.1 Å². The van der Waals surface area contributed by atoms with Crippen molar-refractivity contribution in [1.82, 2.24) is 5.32 Å². The molecule has 1 N–H and O–H groups in total. The molecule has 1 aliphatic rings. The van der Waals surface area contributed by atoms with Crippen molar-refractivity contribution in [2.24, 2.45) is 5.92 Å². The summed E-state index contributed by atoms with van der Waals surface area (Å²) < 4.78 is 6.46. The van der Waals surface area contributed by atoms with Crippen LogP contribution in [0.4, 0.5) is 0 Å². The number of hydrogen-bond acceptors (Lipinski definition) is 2. The fourth-order valence-corrected chi connectivity index (χ4v) is 2.86. The number of halogens is 1. The van der Waals surface area contributed by atoms with Gasteiger partial charge in [0.25, 0.3) is 0 Å². The number of rotatable bonds is 5. The van der Waals surface area contributed by atoms with E-state index in [0.717, 1.165) is 10.2 Å². The third-order valence-corrected chi connectivity index (χ3v) is 4.05. The first kappa shape index (κ1) is 15.9. The SMILES string of the molecule is O=C(CC1CCCC1)NCC#CCOc1cccc(Br)c1. The molecule has 1 aromatic rings. The predicted octanol–water partition coefficient (Wildman–Crippen LogP) is 3.53. The zero-order chi connectivity index (χ0) is 14.9. The number of amides is 1. The first-order valence-corrected chi connectivity index (χ1v) is 8.14. The minimum Gasteiger partial charge on any atom is -0.481 e. The summed E-state index contributed by atoms with van der Waals surface area (Å²) in [6.45, 7) is 0.725. The lowest BCUT2D eigenvalue weighted by molar-refractivity contribution is -0.121. The Morgan fingerprint density at radius 1 is 1.33 bits per heavy atom. The third kappa shape index (κ3) is 6.22. The van der Waals surface area contributed by atoms with Gasteiger partial charge in [-0.15, -0.1) is 0 Å². The van der Waals surface area contributed by atoms with E-state index in [1.165, 1.54) is 25.7 Å². The molecule has 112 valence electrons. The summed E-state index contributed by atoms with van der Waals surface area (Å²) in [6.07, 6.45) is 5.57. The molecule has 1 aliphatic carbocycles. The third-order valence-electron chi connectivity index (χ3n) is 3.55. The largest absolute Gasteiger partial charge is 0.481 e. The van der Waals surface area contributed by atoms with Crippen molar-refractivity contribution < 1.29 is 9.53 Å². The number of benzene rings is 1. The van der Waals surface area contributed by atoms with Crippen LogP contribution in [0.3, 0.4) is 0 Å². The molecule has 1 aromatic carbocycles. The molecule has 0 saturated heterocycles. The zero-order valence-corrected chi connectivity index (χ0v) is 13.6. The van der Waals surface area contributed by atoms with E-state index >= 15 is 0 Å². The molecular formula is C17H20BrNO2. The van der Waals surface area contributed by atoms with Crippen LogP contribution >= 0.6 is 15.9 Å². The molecule has 4 heteroatoms. The van der Waals surface area contributed by atoms with Crippen LogP contribution in [0.15, 0.2) is 28.7 Å². The highest BCUT2D eigenvalue weighted by Gasteiger charge is 2.17. The number of nitrogens with one attached hydrogen (secondary N) is 1. The molecular weight excluding hydrogens is 330 g/mol. The molecule has 1 fully saturated rings. The van der Waals surface area contributed by atoms with Gasteiger partial charge in [-0.25, -0.2) is 0 Å². The fraction of sp³-hybridized carbons (Fsp3) is 0.471. The summed E-state index contributed by atoms with van der Waals surface area (Å²) in [5.74, 6) is 7.29.